The molecule has 1 atom stereocenters. The van der Waals surface area contributed by atoms with Crippen LogP contribution in [-0.4, -0.2) is 30.6 Å². The van der Waals surface area contributed by atoms with Gasteiger partial charge < -0.3 is 5.32 Å². The molecule has 0 aromatic heterocycles. The molecule has 2 heteroatoms. The van der Waals surface area contributed by atoms with Gasteiger partial charge >= 0.3 is 0 Å². The van der Waals surface area contributed by atoms with Crippen LogP contribution in [0.1, 0.15) is 63.1 Å². The number of nitrogens with zero attached hydrogens (tertiary/aromatic N) is 1. The van der Waals surface area contributed by atoms with E-state index < -0.39 is 0 Å². The lowest BCUT2D eigenvalue weighted by atomic mass is 10.00. The summed E-state index contributed by atoms with van der Waals surface area (Å²) in [5.41, 5.74) is 2.89. The van der Waals surface area contributed by atoms with Crippen LogP contribution in [0.25, 0.3) is 0 Å². The molecule has 0 spiro atoms. The molecule has 118 valence electrons. The summed E-state index contributed by atoms with van der Waals surface area (Å²) in [6.45, 7) is 10.2. The summed E-state index contributed by atoms with van der Waals surface area (Å²) in [7, 11) is 0. The highest BCUT2D eigenvalue weighted by Gasteiger charge is 2.24. The van der Waals surface area contributed by atoms with Crippen LogP contribution in [0.5, 0.6) is 0 Å². The number of nitrogens with one attached hydrogen (secondary N) is 1. The molecular formula is C19H32N2. The smallest absolute Gasteiger partial charge is 0.0452 e. The lowest BCUT2D eigenvalue weighted by molar-refractivity contribution is 0.186. The number of benzene rings is 1. The van der Waals surface area contributed by atoms with Gasteiger partial charge in [-0.1, -0.05) is 51.0 Å². The maximum Gasteiger partial charge on any atom is 0.0452 e. The standard InChI is InChI=1S/C19H32N2/c1-4-14-20-19(18-13-9-6-10-16(18)3)15-21(5-2)17-11-7-8-12-17/h6,9-10,13,17,19-20H,4-5,7-8,11-12,14-15H2,1-3H3. The molecule has 0 amide bonds. The fraction of sp³-hybridized carbons (Fsp3) is 0.684. The molecule has 2 rings (SSSR count). The van der Waals surface area contributed by atoms with Crippen molar-refractivity contribution in [2.45, 2.75) is 65.0 Å². The Bertz CT molecular complexity index is 410. The molecule has 0 saturated heterocycles. The van der Waals surface area contributed by atoms with Gasteiger partial charge in [-0.15, -0.1) is 0 Å². The zero-order chi connectivity index (χ0) is 15.1. The molecule has 1 aromatic rings. The lowest BCUT2D eigenvalue weighted by Crippen LogP contribution is -2.40. The first-order chi connectivity index (χ1) is 10.3. The van der Waals surface area contributed by atoms with Gasteiger partial charge in [0, 0.05) is 18.6 Å². The van der Waals surface area contributed by atoms with E-state index in [0.717, 1.165) is 19.1 Å². The zero-order valence-electron chi connectivity index (χ0n) is 14.1. The van der Waals surface area contributed by atoms with Crippen molar-refractivity contribution in [3.05, 3.63) is 35.4 Å². The number of hydrogen-bond donors (Lipinski definition) is 1. The Hall–Kier alpha value is -0.860. The van der Waals surface area contributed by atoms with Gasteiger partial charge in [-0.2, -0.15) is 0 Å². The molecular weight excluding hydrogens is 256 g/mol. The van der Waals surface area contributed by atoms with E-state index in [4.69, 9.17) is 0 Å². The van der Waals surface area contributed by atoms with Crippen LogP contribution in [0.4, 0.5) is 0 Å². The first kappa shape index (κ1) is 16.5. The van der Waals surface area contributed by atoms with Crippen LogP contribution in [0.3, 0.4) is 0 Å². The first-order valence-electron chi connectivity index (χ1n) is 8.79. The van der Waals surface area contributed by atoms with Gasteiger partial charge in [-0.05, 0) is 50.4 Å². The second-order valence-corrected chi connectivity index (χ2v) is 6.39. The van der Waals surface area contributed by atoms with Crippen molar-refractivity contribution in [3.63, 3.8) is 0 Å². The third-order valence-corrected chi connectivity index (χ3v) is 4.87. The third-order valence-electron chi connectivity index (χ3n) is 4.87. The molecule has 1 aliphatic rings. The van der Waals surface area contributed by atoms with Crippen molar-refractivity contribution in [1.29, 1.82) is 0 Å². The van der Waals surface area contributed by atoms with Crippen molar-refractivity contribution < 1.29 is 0 Å². The lowest BCUT2D eigenvalue weighted by Gasteiger charge is -2.32. The Morgan fingerprint density at radius 2 is 1.90 bits per heavy atom. The zero-order valence-corrected chi connectivity index (χ0v) is 14.1. The van der Waals surface area contributed by atoms with Gasteiger partial charge in [-0.3, -0.25) is 4.90 Å². The second kappa shape index (κ2) is 8.55. The second-order valence-electron chi connectivity index (χ2n) is 6.39. The van der Waals surface area contributed by atoms with Crippen molar-refractivity contribution in [2.24, 2.45) is 0 Å². The largest absolute Gasteiger partial charge is 0.309 e. The van der Waals surface area contributed by atoms with E-state index >= 15 is 0 Å². The van der Waals surface area contributed by atoms with Gasteiger partial charge in [-0.25, -0.2) is 0 Å². The maximum atomic E-state index is 3.77. The van der Waals surface area contributed by atoms with Gasteiger partial charge in [0.05, 0.1) is 0 Å². The van der Waals surface area contributed by atoms with Crippen LogP contribution in [0.15, 0.2) is 24.3 Å². The number of aryl methyl sites for hydroxylation is 1. The summed E-state index contributed by atoms with van der Waals surface area (Å²) < 4.78 is 0. The van der Waals surface area contributed by atoms with E-state index in [1.54, 1.807) is 0 Å². The molecule has 1 aromatic carbocycles. The number of hydrogen-bond acceptors (Lipinski definition) is 2. The van der Waals surface area contributed by atoms with Crippen molar-refractivity contribution in [1.82, 2.24) is 10.2 Å². The Labute approximate surface area is 130 Å². The van der Waals surface area contributed by atoms with Gasteiger partial charge in [0.2, 0.25) is 0 Å². The monoisotopic (exact) mass is 288 g/mol. The summed E-state index contributed by atoms with van der Waals surface area (Å²) in [6, 6.07) is 10.1. The van der Waals surface area contributed by atoms with E-state index in [0.29, 0.717) is 6.04 Å². The molecule has 0 radical (unpaired) electrons. The highest BCUT2D eigenvalue weighted by Crippen LogP contribution is 2.26. The summed E-state index contributed by atoms with van der Waals surface area (Å²) in [5.74, 6) is 0. The summed E-state index contributed by atoms with van der Waals surface area (Å²) in [5, 5.41) is 3.77. The Balaban J connectivity index is 2.09. The Morgan fingerprint density at radius 1 is 1.19 bits per heavy atom. The summed E-state index contributed by atoms with van der Waals surface area (Å²) in [6.07, 6.45) is 6.80. The predicted octanol–water partition coefficient (Wildman–Crippen LogP) is 4.30. The highest BCUT2D eigenvalue weighted by atomic mass is 15.2. The molecule has 1 aliphatic carbocycles. The fourth-order valence-corrected chi connectivity index (χ4v) is 3.61. The maximum absolute atomic E-state index is 3.77. The molecule has 1 N–H and O–H groups in total. The van der Waals surface area contributed by atoms with Crippen LogP contribution >= 0.6 is 0 Å². The van der Waals surface area contributed by atoms with E-state index in [9.17, 15) is 0 Å². The van der Waals surface area contributed by atoms with E-state index in [-0.39, 0.29) is 0 Å². The third kappa shape index (κ3) is 4.55. The molecule has 0 bridgehead atoms. The minimum absolute atomic E-state index is 0.465. The molecule has 2 nitrogen and oxygen atoms in total. The van der Waals surface area contributed by atoms with Gasteiger partial charge in [0.1, 0.15) is 0 Å². The molecule has 0 heterocycles. The fourth-order valence-electron chi connectivity index (χ4n) is 3.61. The van der Waals surface area contributed by atoms with Crippen molar-refractivity contribution in [2.75, 3.05) is 19.6 Å². The van der Waals surface area contributed by atoms with Crippen LogP contribution in [-0.2, 0) is 0 Å². The highest BCUT2D eigenvalue weighted by molar-refractivity contribution is 5.29. The minimum Gasteiger partial charge on any atom is -0.309 e. The average molecular weight is 288 g/mol. The number of likely N-dealkylation sites (N-methyl/N-ethyl adjacent to an activating group) is 1. The SMILES string of the molecule is CCCNC(CN(CC)C1CCCC1)c1ccccc1C. The Morgan fingerprint density at radius 3 is 2.52 bits per heavy atom. The van der Waals surface area contributed by atoms with Crippen LogP contribution in [0.2, 0.25) is 0 Å². The summed E-state index contributed by atoms with van der Waals surface area (Å²) >= 11 is 0. The topological polar surface area (TPSA) is 15.3 Å². The van der Waals surface area contributed by atoms with Crippen molar-refractivity contribution >= 4 is 0 Å². The van der Waals surface area contributed by atoms with Crippen molar-refractivity contribution in [3.8, 4) is 0 Å². The molecule has 21 heavy (non-hydrogen) atoms. The molecule has 0 aliphatic heterocycles. The van der Waals surface area contributed by atoms with Crippen LogP contribution < -0.4 is 5.32 Å². The average Bonchev–Trinajstić information content (AvgIpc) is 3.03. The first-order valence-corrected chi connectivity index (χ1v) is 8.79. The Kier molecular flexibility index (Phi) is 6.72. The molecule has 1 fully saturated rings. The van der Waals surface area contributed by atoms with Crippen LogP contribution in [0, 0.1) is 6.92 Å². The summed E-state index contributed by atoms with van der Waals surface area (Å²) in [4.78, 5) is 2.70. The normalized spacial score (nSPS) is 17.5. The van der Waals surface area contributed by atoms with Gasteiger partial charge in [0.15, 0.2) is 0 Å². The van der Waals surface area contributed by atoms with E-state index in [1.165, 1.54) is 49.8 Å². The van der Waals surface area contributed by atoms with E-state index in [1.807, 2.05) is 0 Å². The number of rotatable bonds is 8. The minimum atomic E-state index is 0.465. The molecule has 1 saturated carbocycles. The molecule has 1 unspecified atom stereocenters. The van der Waals surface area contributed by atoms with Gasteiger partial charge in [0.25, 0.3) is 0 Å². The predicted molar refractivity (Wildman–Crippen MR) is 91.7 cm³/mol. The van der Waals surface area contributed by atoms with E-state index in [2.05, 4.69) is 55.3 Å². The quantitative estimate of drug-likeness (QED) is 0.767.